The van der Waals surface area contributed by atoms with Gasteiger partial charge < -0.3 is 8.83 Å². The van der Waals surface area contributed by atoms with E-state index in [-0.39, 0.29) is 5.76 Å². The van der Waals surface area contributed by atoms with Crippen LogP contribution in [0.5, 0.6) is 0 Å². The van der Waals surface area contributed by atoms with E-state index < -0.39 is 0 Å². The molecule has 0 unspecified atom stereocenters. The number of rotatable bonds is 2. The van der Waals surface area contributed by atoms with Gasteiger partial charge in [-0.3, -0.25) is 4.79 Å². The number of nitrogens with zero attached hydrogens (tertiary/aromatic N) is 1. The van der Waals surface area contributed by atoms with Crippen LogP contribution < -0.4 is 0 Å². The summed E-state index contributed by atoms with van der Waals surface area (Å²) in [5, 5.41) is 0. The van der Waals surface area contributed by atoms with E-state index in [1.165, 1.54) is 11.8 Å². The van der Waals surface area contributed by atoms with Crippen molar-refractivity contribution in [3.8, 4) is 11.5 Å². The lowest BCUT2D eigenvalue weighted by atomic mass is 10.1. The molecular formula is C14H11NO3. The molecule has 3 aromatic rings. The molecule has 0 aliphatic heterocycles. The number of fused-ring (bicyclic) bond motifs is 1. The highest BCUT2D eigenvalue weighted by Gasteiger charge is 2.15. The predicted molar refractivity (Wildman–Crippen MR) is 66.6 cm³/mol. The van der Waals surface area contributed by atoms with Gasteiger partial charge in [0.2, 0.25) is 17.2 Å². The molecule has 18 heavy (non-hydrogen) atoms. The Balaban J connectivity index is 2.19. The molecule has 0 atom stereocenters. The number of aryl methyl sites for hydroxylation is 2. The van der Waals surface area contributed by atoms with E-state index in [9.17, 15) is 4.79 Å². The molecule has 4 heteroatoms. The number of aldehydes is 1. The van der Waals surface area contributed by atoms with E-state index in [0.717, 1.165) is 11.1 Å². The molecule has 0 spiro atoms. The Morgan fingerprint density at radius 3 is 2.83 bits per heavy atom. The number of oxazole rings is 1. The van der Waals surface area contributed by atoms with Crippen molar-refractivity contribution in [3.05, 3.63) is 41.3 Å². The number of hydrogen-bond acceptors (Lipinski definition) is 4. The Morgan fingerprint density at radius 2 is 2.11 bits per heavy atom. The number of carbonyl (C=O) groups excluding carboxylic acids is 1. The first-order valence-electron chi connectivity index (χ1n) is 5.60. The molecule has 0 saturated heterocycles. The van der Waals surface area contributed by atoms with Crippen molar-refractivity contribution in [2.24, 2.45) is 0 Å². The fourth-order valence-corrected chi connectivity index (χ4v) is 2.01. The van der Waals surface area contributed by atoms with E-state index in [1.807, 2.05) is 26.0 Å². The Hall–Kier alpha value is -2.36. The molecule has 0 bridgehead atoms. The third-order valence-corrected chi connectivity index (χ3v) is 2.89. The summed E-state index contributed by atoms with van der Waals surface area (Å²) in [6.07, 6.45) is 2.05. The second-order valence-corrected chi connectivity index (χ2v) is 4.27. The van der Waals surface area contributed by atoms with Gasteiger partial charge in [-0.25, -0.2) is 4.98 Å². The van der Waals surface area contributed by atoms with Crippen LogP contribution >= 0.6 is 0 Å². The highest BCUT2D eigenvalue weighted by atomic mass is 16.4. The summed E-state index contributed by atoms with van der Waals surface area (Å²) in [5.74, 6) is 0.685. The van der Waals surface area contributed by atoms with E-state index in [0.29, 0.717) is 23.3 Å². The van der Waals surface area contributed by atoms with Crippen molar-refractivity contribution in [1.29, 1.82) is 0 Å². The molecule has 0 saturated carbocycles. The maximum Gasteiger partial charge on any atom is 0.227 e. The summed E-state index contributed by atoms with van der Waals surface area (Å²) >= 11 is 0. The van der Waals surface area contributed by atoms with Gasteiger partial charge >= 0.3 is 0 Å². The Morgan fingerprint density at radius 1 is 1.28 bits per heavy atom. The molecule has 0 radical (unpaired) electrons. The minimum absolute atomic E-state index is 0.175. The Labute approximate surface area is 103 Å². The van der Waals surface area contributed by atoms with Gasteiger partial charge in [-0.15, -0.1) is 0 Å². The minimum Gasteiger partial charge on any atom is -0.455 e. The van der Waals surface area contributed by atoms with Crippen molar-refractivity contribution in [3.63, 3.8) is 0 Å². The average Bonchev–Trinajstić information content (AvgIpc) is 2.88. The van der Waals surface area contributed by atoms with E-state index >= 15 is 0 Å². The average molecular weight is 241 g/mol. The van der Waals surface area contributed by atoms with Crippen LogP contribution in [0, 0.1) is 13.8 Å². The van der Waals surface area contributed by atoms with Gasteiger partial charge in [-0.2, -0.15) is 0 Å². The van der Waals surface area contributed by atoms with Crippen LogP contribution in [0.4, 0.5) is 0 Å². The topological polar surface area (TPSA) is 56.2 Å². The summed E-state index contributed by atoms with van der Waals surface area (Å²) in [6, 6.07) is 6.03. The lowest BCUT2D eigenvalue weighted by Gasteiger charge is -2.02. The fourth-order valence-electron chi connectivity index (χ4n) is 2.01. The molecule has 4 nitrogen and oxygen atoms in total. The van der Waals surface area contributed by atoms with Crippen LogP contribution in [0.2, 0.25) is 0 Å². The SMILES string of the molecule is Cc1ccc(-c2nc3coc(C=O)c3o2)c(C)c1. The molecule has 0 N–H and O–H groups in total. The number of furan rings is 1. The van der Waals surface area contributed by atoms with Gasteiger partial charge in [0.15, 0.2) is 6.29 Å². The number of benzene rings is 1. The monoisotopic (exact) mass is 241 g/mol. The van der Waals surface area contributed by atoms with Gasteiger partial charge in [-0.05, 0) is 25.5 Å². The molecule has 2 aromatic heterocycles. The summed E-state index contributed by atoms with van der Waals surface area (Å²) in [4.78, 5) is 15.1. The van der Waals surface area contributed by atoms with Crippen LogP contribution in [-0.4, -0.2) is 11.3 Å². The van der Waals surface area contributed by atoms with E-state index in [4.69, 9.17) is 8.83 Å². The number of aromatic nitrogens is 1. The third-order valence-electron chi connectivity index (χ3n) is 2.89. The molecule has 0 aliphatic carbocycles. The lowest BCUT2D eigenvalue weighted by Crippen LogP contribution is -1.84. The zero-order valence-corrected chi connectivity index (χ0v) is 10.1. The van der Waals surface area contributed by atoms with Crippen molar-refractivity contribution in [2.75, 3.05) is 0 Å². The van der Waals surface area contributed by atoms with Crippen LogP contribution in [0.1, 0.15) is 21.7 Å². The highest BCUT2D eigenvalue weighted by molar-refractivity contribution is 5.91. The van der Waals surface area contributed by atoms with Crippen LogP contribution in [-0.2, 0) is 0 Å². The lowest BCUT2D eigenvalue weighted by molar-refractivity contribution is 0.110. The van der Waals surface area contributed by atoms with Crippen LogP contribution in [0.15, 0.2) is 33.3 Å². The Kier molecular flexibility index (Phi) is 2.30. The van der Waals surface area contributed by atoms with Crippen molar-refractivity contribution < 1.29 is 13.6 Å². The van der Waals surface area contributed by atoms with Gasteiger partial charge in [0.05, 0.1) is 0 Å². The van der Waals surface area contributed by atoms with Crippen molar-refractivity contribution in [1.82, 2.24) is 4.98 Å². The maximum atomic E-state index is 10.8. The van der Waals surface area contributed by atoms with E-state index in [2.05, 4.69) is 11.1 Å². The van der Waals surface area contributed by atoms with Crippen LogP contribution in [0.25, 0.3) is 22.6 Å². The molecule has 3 rings (SSSR count). The summed E-state index contributed by atoms with van der Waals surface area (Å²) in [6.45, 7) is 4.04. The zero-order valence-electron chi connectivity index (χ0n) is 10.1. The quantitative estimate of drug-likeness (QED) is 0.644. The first kappa shape index (κ1) is 10.8. The second-order valence-electron chi connectivity index (χ2n) is 4.27. The number of hydrogen-bond donors (Lipinski definition) is 0. The normalized spacial score (nSPS) is 11.0. The zero-order chi connectivity index (χ0) is 12.7. The summed E-state index contributed by atoms with van der Waals surface area (Å²) in [5.41, 5.74) is 4.16. The summed E-state index contributed by atoms with van der Waals surface area (Å²) in [7, 11) is 0. The Bertz CT molecular complexity index is 737. The molecule has 0 amide bonds. The maximum absolute atomic E-state index is 10.8. The molecule has 90 valence electrons. The molecule has 0 aliphatic rings. The summed E-state index contributed by atoms with van der Waals surface area (Å²) < 4.78 is 10.6. The first-order chi connectivity index (χ1) is 8.69. The van der Waals surface area contributed by atoms with E-state index in [1.54, 1.807) is 0 Å². The molecule has 0 fully saturated rings. The van der Waals surface area contributed by atoms with Gasteiger partial charge in [0.25, 0.3) is 0 Å². The van der Waals surface area contributed by atoms with Crippen molar-refractivity contribution >= 4 is 17.4 Å². The smallest absolute Gasteiger partial charge is 0.227 e. The van der Waals surface area contributed by atoms with Gasteiger partial charge in [-0.1, -0.05) is 17.7 Å². The minimum atomic E-state index is 0.175. The molecular weight excluding hydrogens is 230 g/mol. The second kappa shape index (κ2) is 3.84. The standard InChI is InChI=1S/C14H11NO3/c1-8-3-4-10(9(2)5-8)14-15-11-7-17-12(6-16)13(11)18-14/h3-7H,1-2H3. The first-order valence-corrected chi connectivity index (χ1v) is 5.60. The molecule has 1 aromatic carbocycles. The fraction of sp³-hybridized carbons (Fsp3) is 0.143. The largest absolute Gasteiger partial charge is 0.455 e. The van der Waals surface area contributed by atoms with Crippen LogP contribution in [0.3, 0.4) is 0 Å². The predicted octanol–water partition coefficient (Wildman–Crippen LogP) is 3.52. The number of carbonyl (C=O) groups is 1. The van der Waals surface area contributed by atoms with Gasteiger partial charge in [0.1, 0.15) is 11.8 Å². The van der Waals surface area contributed by atoms with Gasteiger partial charge in [0, 0.05) is 5.56 Å². The molecule has 2 heterocycles. The third kappa shape index (κ3) is 1.54. The van der Waals surface area contributed by atoms with Crippen molar-refractivity contribution in [2.45, 2.75) is 13.8 Å². The highest BCUT2D eigenvalue weighted by Crippen LogP contribution is 2.29.